The molecule has 1 unspecified atom stereocenters. The molecule has 116 valence electrons. The first-order chi connectivity index (χ1) is 11.2. The number of imide groups is 1. The Balaban J connectivity index is 1.70. The van der Waals surface area contributed by atoms with E-state index in [-0.39, 0.29) is 24.2 Å². The number of anilines is 1. The highest BCUT2D eigenvalue weighted by atomic mass is 16.2. The first-order valence-corrected chi connectivity index (χ1v) is 7.81. The number of carbonyl (C=O) groups is 2. The summed E-state index contributed by atoms with van der Waals surface area (Å²) in [5, 5.41) is 0. The number of amides is 2. The fraction of sp³-hybridized carbons (Fsp3) is 0.200. The van der Waals surface area contributed by atoms with Crippen molar-refractivity contribution < 1.29 is 9.59 Å². The molecule has 1 heterocycles. The van der Waals surface area contributed by atoms with Crippen molar-refractivity contribution in [2.75, 3.05) is 4.90 Å². The highest BCUT2D eigenvalue weighted by Crippen LogP contribution is 2.28. The number of aryl methyl sites for hydroxylation is 1. The Morgan fingerprint density at radius 2 is 1.74 bits per heavy atom. The third-order valence-corrected chi connectivity index (χ3v) is 4.16. The third-order valence-electron chi connectivity index (χ3n) is 4.16. The van der Waals surface area contributed by atoms with Gasteiger partial charge in [0.1, 0.15) is 0 Å². The number of carbonyl (C=O) groups excluding carboxylic acids is 2. The molecule has 2 aromatic rings. The van der Waals surface area contributed by atoms with Gasteiger partial charge in [0.2, 0.25) is 11.8 Å². The first-order valence-electron chi connectivity index (χ1n) is 7.81. The van der Waals surface area contributed by atoms with Crippen molar-refractivity contribution in [3.8, 4) is 0 Å². The number of hydrogen-bond donors (Lipinski definition) is 0. The van der Waals surface area contributed by atoms with Crippen LogP contribution in [0.15, 0.2) is 60.7 Å². The van der Waals surface area contributed by atoms with Crippen molar-refractivity contribution in [1.82, 2.24) is 0 Å². The average Bonchev–Trinajstić information content (AvgIpc) is 2.84. The first kappa shape index (κ1) is 15.2. The van der Waals surface area contributed by atoms with Crippen LogP contribution in [0.3, 0.4) is 0 Å². The molecule has 3 rings (SSSR count). The highest BCUT2D eigenvalue weighted by Gasteiger charge is 2.38. The van der Waals surface area contributed by atoms with Crippen LogP contribution in [-0.4, -0.2) is 11.8 Å². The minimum absolute atomic E-state index is 0.101. The van der Waals surface area contributed by atoms with Crippen LogP contribution in [0.1, 0.15) is 24.0 Å². The molecule has 0 N–H and O–H groups in total. The maximum atomic E-state index is 12.5. The van der Waals surface area contributed by atoms with Gasteiger partial charge >= 0.3 is 0 Å². The summed E-state index contributed by atoms with van der Waals surface area (Å²) in [6, 6.07) is 17.2. The second kappa shape index (κ2) is 6.61. The van der Waals surface area contributed by atoms with Crippen LogP contribution in [0.5, 0.6) is 0 Å². The molecule has 1 aliphatic rings. The average molecular weight is 305 g/mol. The van der Waals surface area contributed by atoms with E-state index in [9.17, 15) is 9.59 Å². The molecule has 3 nitrogen and oxygen atoms in total. The molecule has 0 saturated carbocycles. The van der Waals surface area contributed by atoms with Crippen molar-refractivity contribution in [2.45, 2.75) is 19.8 Å². The molecule has 0 bridgehead atoms. The van der Waals surface area contributed by atoms with Crippen LogP contribution >= 0.6 is 0 Å². The molecule has 0 aromatic heterocycles. The van der Waals surface area contributed by atoms with Gasteiger partial charge in [-0.2, -0.15) is 0 Å². The van der Waals surface area contributed by atoms with Crippen LogP contribution < -0.4 is 4.90 Å². The quantitative estimate of drug-likeness (QED) is 0.801. The number of rotatable bonds is 4. The van der Waals surface area contributed by atoms with E-state index >= 15 is 0 Å². The van der Waals surface area contributed by atoms with E-state index in [4.69, 9.17) is 0 Å². The summed E-state index contributed by atoms with van der Waals surface area (Å²) in [6.45, 7) is 2.06. The van der Waals surface area contributed by atoms with E-state index in [0.717, 1.165) is 5.56 Å². The molecule has 1 aliphatic heterocycles. The lowest BCUT2D eigenvalue weighted by Gasteiger charge is -2.14. The van der Waals surface area contributed by atoms with Crippen molar-refractivity contribution in [3.05, 3.63) is 71.8 Å². The molecule has 2 aromatic carbocycles. The number of para-hydroxylation sites is 1. The minimum Gasteiger partial charge on any atom is -0.274 e. The van der Waals surface area contributed by atoms with Crippen LogP contribution in [0.25, 0.3) is 6.08 Å². The zero-order valence-electron chi connectivity index (χ0n) is 13.1. The number of benzene rings is 2. The van der Waals surface area contributed by atoms with Gasteiger partial charge < -0.3 is 0 Å². The lowest BCUT2D eigenvalue weighted by atomic mass is 10.0. The summed E-state index contributed by atoms with van der Waals surface area (Å²) in [7, 11) is 0. The zero-order chi connectivity index (χ0) is 16.2. The molecule has 1 saturated heterocycles. The van der Waals surface area contributed by atoms with Gasteiger partial charge in [0, 0.05) is 6.42 Å². The Hall–Kier alpha value is -2.68. The predicted molar refractivity (Wildman–Crippen MR) is 91.9 cm³/mol. The molecule has 2 amide bonds. The van der Waals surface area contributed by atoms with Gasteiger partial charge in [0.05, 0.1) is 11.6 Å². The van der Waals surface area contributed by atoms with E-state index in [1.54, 1.807) is 12.1 Å². The second-order valence-electron chi connectivity index (χ2n) is 5.80. The molecule has 0 aliphatic carbocycles. The van der Waals surface area contributed by atoms with Crippen molar-refractivity contribution >= 4 is 23.6 Å². The van der Waals surface area contributed by atoms with Gasteiger partial charge in [-0.15, -0.1) is 0 Å². The Labute approximate surface area is 136 Å². The summed E-state index contributed by atoms with van der Waals surface area (Å²) in [5.74, 6) is -0.478. The van der Waals surface area contributed by atoms with E-state index in [0.29, 0.717) is 12.1 Å². The zero-order valence-corrected chi connectivity index (χ0v) is 13.1. The van der Waals surface area contributed by atoms with E-state index in [1.807, 2.05) is 48.6 Å². The SMILES string of the molecule is Cc1ccccc1/C=C/CC1CC(=O)N(c2ccccc2)C1=O. The smallest absolute Gasteiger partial charge is 0.237 e. The standard InChI is InChI=1S/C20H19NO2/c1-15-8-5-6-9-16(15)10-7-11-17-14-19(22)21(20(17)23)18-12-3-2-4-13-18/h2-10,12-13,17H,11,14H2,1H3/b10-7+. The fourth-order valence-electron chi connectivity index (χ4n) is 2.86. The van der Waals surface area contributed by atoms with Crippen LogP contribution in [-0.2, 0) is 9.59 Å². The second-order valence-corrected chi connectivity index (χ2v) is 5.80. The normalized spacial score (nSPS) is 18.1. The molecule has 3 heteroatoms. The third kappa shape index (κ3) is 3.24. The van der Waals surface area contributed by atoms with Crippen LogP contribution in [0.2, 0.25) is 0 Å². The highest BCUT2D eigenvalue weighted by molar-refractivity contribution is 6.20. The van der Waals surface area contributed by atoms with Gasteiger partial charge in [-0.25, -0.2) is 0 Å². The van der Waals surface area contributed by atoms with E-state index < -0.39 is 0 Å². The topological polar surface area (TPSA) is 37.4 Å². The number of hydrogen-bond acceptors (Lipinski definition) is 2. The number of nitrogens with zero attached hydrogens (tertiary/aromatic N) is 1. The summed E-state index contributed by atoms with van der Waals surface area (Å²) in [5.41, 5.74) is 3.00. The summed E-state index contributed by atoms with van der Waals surface area (Å²) in [6.07, 6.45) is 4.89. The lowest BCUT2D eigenvalue weighted by Crippen LogP contribution is -2.30. The van der Waals surface area contributed by atoms with Crippen molar-refractivity contribution in [2.24, 2.45) is 5.92 Å². The lowest BCUT2D eigenvalue weighted by molar-refractivity contribution is -0.122. The van der Waals surface area contributed by atoms with Crippen molar-refractivity contribution in [3.63, 3.8) is 0 Å². The Morgan fingerprint density at radius 1 is 1.04 bits per heavy atom. The fourth-order valence-corrected chi connectivity index (χ4v) is 2.86. The molecular weight excluding hydrogens is 286 g/mol. The largest absolute Gasteiger partial charge is 0.274 e. The minimum atomic E-state index is -0.261. The van der Waals surface area contributed by atoms with Crippen LogP contribution in [0, 0.1) is 12.8 Å². The molecule has 1 atom stereocenters. The maximum absolute atomic E-state index is 12.5. The van der Waals surface area contributed by atoms with E-state index in [2.05, 4.69) is 13.0 Å². The van der Waals surface area contributed by atoms with Gasteiger partial charge in [-0.05, 0) is 36.6 Å². The summed E-state index contributed by atoms with van der Waals surface area (Å²) >= 11 is 0. The van der Waals surface area contributed by atoms with Gasteiger partial charge in [-0.1, -0.05) is 54.6 Å². The molecule has 1 fully saturated rings. The molecule has 23 heavy (non-hydrogen) atoms. The Morgan fingerprint density at radius 3 is 2.48 bits per heavy atom. The van der Waals surface area contributed by atoms with Gasteiger partial charge in [0.25, 0.3) is 0 Å². The molecule has 0 radical (unpaired) electrons. The van der Waals surface area contributed by atoms with E-state index in [1.165, 1.54) is 10.5 Å². The maximum Gasteiger partial charge on any atom is 0.237 e. The Kier molecular flexibility index (Phi) is 4.38. The van der Waals surface area contributed by atoms with Gasteiger partial charge in [-0.3, -0.25) is 14.5 Å². The molecule has 0 spiro atoms. The van der Waals surface area contributed by atoms with Crippen LogP contribution in [0.4, 0.5) is 5.69 Å². The van der Waals surface area contributed by atoms with Gasteiger partial charge in [0.15, 0.2) is 0 Å². The molecular formula is C20H19NO2. The monoisotopic (exact) mass is 305 g/mol. The Bertz CT molecular complexity index is 749. The number of allylic oxidation sites excluding steroid dienone is 1. The van der Waals surface area contributed by atoms with Crippen molar-refractivity contribution in [1.29, 1.82) is 0 Å². The summed E-state index contributed by atoms with van der Waals surface area (Å²) in [4.78, 5) is 26.0. The summed E-state index contributed by atoms with van der Waals surface area (Å²) < 4.78 is 0. The predicted octanol–water partition coefficient (Wildman–Crippen LogP) is 3.98.